The van der Waals surface area contributed by atoms with Crippen molar-refractivity contribution in [2.75, 3.05) is 0 Å². The lowest BCUT2D eigenvalue weighted by Crippen LogP contribution is -1.87. The van der Waals surface area contributed by atoms with Crippen LogP contribution in [-0.2, 0) is 17.6 Å². The second kappa shape index (κ2) is 6.17. The Balaban J connectivity index is 1.93. The van der Waals surface area contributed by atoms with Gasteiger partial charge in [-0.25, -0.2) is 4.79 Å². The molecule has 1 N–H and O–H groups in total. The van der Waals surface area contributed by atoms with E-state index >= 15 is 0 Å². The molecule has 18 heavy (non-hydrogen) atoms. The average Bonchev–Trinajstić information content (AvgIpc) is 2.83. The molecule has 0 aliphatic rings. The van der Waals surface area contributed by atoms with E-state index < -0.39 is 5.97 Å². The normalized spacial score (nSPS) is 10.9. The SMILES string of the molecule is O=C(O)C=Cc1ccc(CCc2ccccc2)s1. The van der Waals surface area contributed by atoms with Crippen LogP contribution in [0.3, 0.4) is 0 Å². The van der Waals surface area contributed by atoms with Gasteiger partial charge in [0.2, 0.25) is 0 Å². The highest BCUT2D eigenvalue weighted by Gasteiger charge is 1.99. The molecule has 0 aliphatic heterocycles. The first kappa shape index (κ1) is 12.6. The number of aryl methyl sites for hydroxylation is 2. The third-order valence-corrected chi connectivity index (χ3v) is 3.69. The van der Waals surface area contributed by atoms with Crippen molar-refractivity contribution in [1.82, 2.24) is 0 Å². The molecule has 0 saturated carbocycles. The Morgan fingerprint density at radius 2 is 1.89 bits per heavy atom. The van der Waals surface area contributed by atoms with Crippen LogP contribution in [0.4, 0.5) is 0 Å². The molecular weight excluding hydrogens is 244 g/mol. The minimum atomic E-state index is -0.908. The van der Waals surface area contributed by atoms with E-state index in [1.54, 1.807) is 17.4 Å². The number of hydrogen-bond acceptors (Lipinski definition) is 2. The number of rotatable bonds is 5. The fraction of sp³-hybridized carbons (Fsp3) is 0.133. The fourth-order valence-electron chi connectivity index (χ4n) is 1.68. The highest BCUT2D eigenvalue weighted by atomic mass is 32.1. The molecule has 0 atom stereocenters. The summed E-state index contributed by atoms with van der Waals surface area (Å²) in [5, 5.41) is 8.55. The second-order valence-electron chi connectivity index (χ2n) is 3.96. The van der Waals surface area contributed by atoms with Crippen LogP contribution < -0.4 is 0 Å². The van der Waals surface area contributed by atoms with E-state index in [2.05, 4.69) is 18.2 Å². The third kappa shape index (κ3) is 3.86. The number of carbonyl (C=O) groups is 1. The van der Waals surface area contributed by atoms with Crippen molar-refractivity contribution in [3.8, 4) is 0 Å². The van der Waals surface area contributed by atoms with Gasteiger partial charge in [-0.15, -0.1) is 11.3 Å². The van der Waals surface area contributed by atoms with Crippen LogP contribution in [0, 0.1) is 0 Å². The van der Waals surface area contributed by atoms with Gasteiger partial charge in [-0.05, 0) is 36.6 Å². The van der Waals surface area contributed by atoms with Crippen LogP contribution in [0.5, 0.6) is 0 Å². The van der Waals surface area contributed by atoms with Crippen LogP contribution in [-0.4, -0.2) is 11.1 Å². The van der Waals surface area contributed by atoms with Crippen LogP contribution in [0.2, 0.25) is 0 Å². The van der Waals surface area contributed by atoms with Gasteiger partial charge < -0.3 is 5.11 Å². The van der Waals surface area contributed by atoms with Crippen molar-refractivity contribution in [2.45, 2.75) is 12.8 Å². The first-order chi connectivity index (χ1) is 8.74. The Bertz CT molecular complexity index is 541. The zero-order valence-corrected chi connectivity index (χ0v) is 10.7. The number of aliphatic carboxylic acids is 1. The monoisotopic (exact) mass is 258 g/mol. The van der Waals surface area contributed by atoms with Crippen molar-refractivity contribution < 1.29 is 9.90 Å². The molecule has 92 valence electrons. The predicted molar refractivity (Wildman–Crippen MR) is 74.8 cm³/mol. The largest absolute Gasteiger partial charge is 0.478 e. The molecule has 0 aliphatic carbocycles. The summed E-state index contributed by atoms with van der Waals surface area (Å²) in [6.07, 6.45) is 4.82. The van der Waals surface area contributed by atoms with E-state index in [0.717, 1.165) is 17.7 Å². The first-order valence-corrected chi connectivity index (χ1v) is 6.59. The summed E-state index contributed by atoms with van der Waals surface area (Å²) in [5.74, 6) is -0.908. The molecule has 1 aromatic carbocycles. The molecule has 2 rings (SSSR count). The maximum absolute atomic E-state index is 10.4. The molecule has 3 heteroatoms. The Morgan fingerprint density at radius 3 is 2.61 bits per heavy atom. The third-order valence-electron chi connectivity index (χ3n) is 2.58. The van der Waals surface area contributed by atoms with E-state index in [-0.39, 0.29) is 0 Å². The van der Waals surface area contributed by atoms with Crippen molar-refractivity contribution in [2.24, 2.45) is 0 Å². The Hall–Kier alpha value is -1.87. The van der Waals surface area contributed by atoms with Gasteiger partial charge in [-0.1, -0.05) is 30.3 Å². The summed E-state index contributed by atoms with van der Waals surface area (Å²) in [6, 6.07) is 14.4. The topological polar surface area (TPSA) is 37.3 Å². The zero-order valence-electron chi connectivity index (χ0n) is 9.87. The number of carboxylic acid groups (broad SMARTS) is 1. The van der Waals surface area contributed by atoms with Gasteiger partial charge in [0.25, 0.3) is 0 Å². The summed E-state index contributed by atoms with van der Waals surface area (Å²) >= 11 is 1.64. The molecule has 1 heterocycles. The van der Waals surface area contributed by atoms with Crippen molar-refractivity contribution >= 4 is 23.4 Å². The standard InChI is InChI=1S/C15H14O2S/c16-15(17)11-10-14-9-8-13(18-14)7-6-12-4-2-1-3-5-12/h1-5,8-11H,6-7H2,(H,16,17). The van der Waals surface area contributed by atoms with Crippen LogP contribution in [0.25, 0.3) is 6.08 Å². The van der Waals surface area contributed by atoms with Crippen LogP contribution in [0.1, 0.15) is 15.3 Å². The highest BCUT2D eigenvalue weighted by Crippen LogP contribution is 2.19. The minimum Gasteiger partial charge on any atom is -0.478 e. The lowest BCUT2D eigenvalue weighted by molar-refractivity contribution is -0.131. The predicted octanol–water partition coefficient (Wildman–Crippen LogP) is 3.63. The lowest BCUT2D eigenvalue weighted by Gasteiger charge is -1.98. The molecule has 0 saturated heterocycles. The molecule has 0 bridgehead atoms. The maximum atomic E-state index is 10.4. The molecule has 1 aromatic heterocycles. The number of benzene rings is 1. The van der Waals surface area contributed by atoms with Gasteiger partial charge >= 0.3 is 5.97 Å². The van der Waals surface area contributed by atoms with Crippen LogP contribution >= 0.6 is 11.3 Å². The highest BCUT2D eigenvalue weighted by molar-refractivity contribution is 7.12. The quantitative estimate of drug-likeness (QED) is 0.831. The van der Waals surface area contributed by atoms with E-state index in [1.807, 2.05) is 24.3 Å². The van der Waals surface area contributed by atoms with Gasteiger partial charge in [0.15, 0.2) is 0 Å². The maximum Gasteiger partial charge on any atom is 0.328 e. The summed E-state index contributed by atoms with van der Waals surface area (Å²) in [7, 11) is 0. The fourth-order valence-corrected chi connectivity index (χ4v) is 2.60. The van der Waals surface area contributed by atoms with E-state index in [0.29, 0.717) is 0 Å². The summed E-state index contributed by atoms with van der Waals surface area (Å²) in [6.45, 7) is 0. The van der Waals surface area contributed by atoms with Crippen molar-refractivity contribution in [3.05, 3.63) is 63.9 Å². The molecular formula is C15H14O2S. The molecule has 2 nitrogen and oxygen atoms in total. The zero-order chi connectivity index (χ0) is 12.8. The Labute approximate surface area is 110 Å². The second-order valence-corrected chi connectivity index (χ2v) is 5.16. The van der Waals surface area contributed by atoms with Gasteiger partial charge in [-0.3, -0.25) is 0 Å². The average molecular weight is 258 g/mol. The number of hydrogen-bond donors (Lipinski definition) is 1. The van der Waals surface area contributed by atoms with Crippen molar-refractivity contribution in [3.63, 3.8) is 0 Å². The van der Waals surface area contributed by atoms with Gasteiger partial charge in [0.1, 0.15) is 0 Å². The Kier molecular flexibility index (Phi) is 4.31. The molecule has 0 unspecified atom stereocenters. The molecule has 0 amide bonds. The van der Waals surface area contributed by atoms with E-state index in [4.69, 9.17) is 5.11 Å². The molecule has 0 radical (unpaired) electrons. The molecule has 0 fully saturated rings. The lowest BCUT2D eigenvalue weighted by atomic mass is 10.1. The summed E-state index contributed by atoms with van der Waals surface area (Å²) < 4.78 is 0. The van der Waals surface area contributed by atoms with E-state index in [1.165, 1.54) is 16.5 Å². The van der Waals surface area contributed by atoms with Gasteiger partial charge in [-0.2, -0.15) is 0 Å². The summed E-state index contributed by atoms with van der Waals surface area (Å²) in [4.78, 5) is 12.7. The number of carboxylic acids is 1. The molecule has 0 spiro atoms. The smallest absolute Gasteiger partial charge is 0.328 e. The van der Waals surface area contributed by atoms with Gasteiger partial charge in [0.05, 0.1) is 0 Å². The van der Waals surface area contributed by atoms with Crippen molar-refractivity contribution in [1.29, 1.82) is 0 Å². The van der Waals surface area contributed by atoms with E-state index in [9.17, 15) is 4.79 Å². The van der Waals surface area contributed by atoms with Crippen LogP contribution in [0.15, 0.2) is 48.5 Å². The number of thiophene rings is 1. The van der Waals surface area contributed by atoms with Gasteiger partial charge in [0, 0.05) is 15.8 Å². The minimum absolute atomic E-state index is 0.908. The summed E-state index contributed by atoms with van der Waals surface area (Å²) in [5.41, 5.74) is 1.33. The first-order valence-electron chi connectivity index (χ1n) is 5.78. The Morgan fingerprint density at radius 1 is 1.11 bits per heavy atom. The molecule has 2 aromatic rings.